The smallest absolute Gasteiger partial charge is 0.00435 e. The van der Waals surface area contributed by atoms with E-state index in [1.807, 2.05) is 0 Å². The summed E-state index contributed by atoms with van der Waals surface area (Å²) in [5.74, 6) is 8.25. The molecule has 0 heterocycles. The van der Waals surface area contributed by atoms with E-state index in [2.05, 4.69) is 25.3 Å². The minimum absolute atomic E-state index is 0.504. The highest BCUT2D eigenvalue weighted by molar-refractivity contribution is 5.44. The second kappa shape index (κ2) is 2.99. The van der Waals surface area contributed by atoms with Gasteiger partial charge in [-0.2, -0.15) is 0 Å². The second-order valence-corrected chi connectivity index (χ2v) is 9.04. The van der Waals surface area contributed by atoms with E-state index in [-0.39, 0.29) is 0 Å². The average Bonchev–Trinajstić information content (AvgIpc) is 3.17. The van der Waals surface area contributed by atoms with Crippen molar-refractivity contribution in [2.24, 2.45) is 58.2 Å². The largest absolute Gasteiger partial charge is 0.102 e. The first-order valence-corrected chi connectivity index (χ1v) is 9.06. The van der Waals surface area contributed by atoms with Gasteiger partial charge in [0.05, 0.1) is 0 Å². The Hall–Kier alpha value is -0.520. The third-order valence-corrected chi connectivity index (χ3v) is 9.46. The van der Waals surface area contributed by atoms with Gasteiger partial charge in [-0.25, -0.2) is 0 Å². The lowest BCUT2D eigenvalue weighted by atomic mass is 9.19. The predicted molar refractivity (Wildman–Crippen MR) is 80.9 cm³/mol. The molecule has 0 saturated heterocycles. The Bertz CT molecular complexity index is 448. The molecule has 0 aliphatic heterocycles. The zero-order valence-corrected chi connectivity index (χ0v) is 12.4. The van der Waals surface area contributed by atoms with E-state index in [0.29, 0.717) is 10.8 Å². The lowest BCUT2D eigenvalue weighted by Crippen LogP contribution is -2.81. The number of hydrogen-bond donors (Lipinski definition) is 0. The summed E-state index contributed by atoms with van der Waals surface area (Å²) in [6.45, 7) is 8.78. The molecule has 6 aliphatic carbocycles. The van der Waals surface area contributed by atoms with Crippen LogP contribution in [0.2, 0.25) is 0 Å². The van der Waals surface area contributed by atoms with E-state index in [1.165, 1.54) is 25.7 Å². The van der Waals surface area contributed by atoms with E-state index >= 15 is 0 Å². The number of allylic oxidation sites excluding steroid dienone is 2. The minimum atomic E-state index is 0.504. The summed E-state index contributed by atoms with van der Waals surface area (Å²) < 4.78 is 0. The van der Waals surface area contributed by atoms with Crippen LogP contribution in [0.5, 0.6) is 0 Å². The maximum absolute atomic E-state index is 4.39. The van der Waals surface area contributed by atoms with Crippen molar-refractivity contribution in [1.82, 2.24) is 0 Å². The zero-order chi connectivity index (χ0) is 13.3. The van der Waals surface area contributed by atoms with Gasteiger partial charge < -0.3 is 0 Å². The Kier molecular flexibility index (Phi) is 1.66. The van der Waals surface area contributed by atoms with Crippen LogP contribution in [0.25, 0.3) is 0 Å². The van der Waals surface area contributed by atoms with Crippen LogP contribution in [0.3, 0.4) is 0 Å². The molecule has 0 aromatic heterocycles. The van der Waals surface area contributed by atoms with Crippen LogP contribution in [-0.2, 0) is 0 Å². The topological polar surface area (TPSA) is 0 Å². The van der Waals surface area contributed by atoms with Gasteiger partial charge in [0.2, 0.25) is 0 Å². The summed E-state index contributed by atoms with van der Waals surface area (Å²) in [7, 11) is 0. The number of fused-ring (bicyclic) bond motifs is 15. The van der Waals surface area contributed by atoms with Gasteiger partial charge in [-0.3, -0.25) is 0 Å². The lowest BCUT2D eigenvalue weighted by Gasteiger charge is -2.84. The van der Waals surface area contributed by atoms with Gasteiger partial charge in [0, 0.05) is 10.8 Å². The van der Waals surface area contributed by atoms with Crippen LogP contribution in [0.4, 0.5) is 0 Å². The molecule has 0 radical (unpaired) electrons. The second-order valence-electron chi connectivity index (χ2n) is 9.04. The first-order valence-electron chi connectivity index (χ1n) is 9.06. The van der Waals surface area contributed by atoms with Crippen LogP contribution >= 0.6 is 0 Å². The molecule has 6 rings (SSSR count). The number of rotatable bonds is 2. The quantitative estimate of drug-likeness (QED) is 0.636. The van der Waals surface area contributed by atoms with Crippen LogP contribution in [0.15, 0.2) is 25.3 Å². The molecule has 0 aromatic carbocycles. The van der Waals surface area contributed by atoms with Crippen molar-refractivity contribution >= 4 is 0 Å². The molecule has 0 heteroatoms. The zero-order valence-electron chi connectivity index (χ0n) is 12.4. The highest BCUT2D eigenvalue weighted by Crippen LogP contribution is 2.93. The van der Waals surface area contributed by atoms with Gasteiger partial charge in [0.15, 0.2) is 0 Å². The van der Waals surface area contributed by atoms with Crippen molar-refractivity contribution in [2.45, 2.75) is 38.5 Å². The Morgan fingerprint density at radius 3 is 1.15 bits per heavy atom. The van der Waals surface area contributed by atoms with Crippen molar-refractivity contribution in [3.63, 3.8) is 0 Å². The van der Waals surface area contributed by atoms with E-state index < -0.39 is 0 Å². The van der Waals surface area contributed by atoms with Crippen molar-refractivity contribution in [3.8, 4) is 0 Å². The molecule has 0 nitrogen and oxygen atoms in total. The molecule has 0 N–H and O–H groups in total. The Labute approximate surface area is 122 Å². The van der Waals surface area contributed by atoms with Crippen molar-refractivity contribution < 1.29 is 0 Å². The van der Waals surface area contributed by atoms with Crippen LogP contribution < -0.4 is 0 Å². The summed E-state index contributed by atoms with van der Waals surface area (Å²) in [6.07, 6.45) is 14.1. The molecule has 6 fully saturated rings. The standard InChI is InChI=1S/C20H26/c1-3-19-15-11-5-7-13(9-11)17(15)20(19,4-2)18-14-8-6-12(10-14)16(18)19/h3-4,11-18H,1-2,5-10H2/t11-,12+,13+,14-,15+,16-,17-,18+,19?,20?. The van der Waals surface area contributed by atoms with Crippen molar-refractivity contribution in [2.75, 3.05) is 0 Å². The van der Waals surface area contributed by atoms with Gasteiger partial charge in [0.25, 0.3) is 0 Å². The van der Waals surface area contributed by atoms with E-state index in [1.54, 1.807) is 12.8 Å². The Morgan fingerprint density at radius 1 is 0.600 bits per heavy atom. The fraction of sp³-hybridized carbons (Fsp3) is 0.800. The molecular formula is C20H26. The molecule has 106 valence electrons. The van der Waals surface area contributed by atoms with Crippen LogP contribution in [0.1, 0.15) is 38.5 Å². The third-order valence-electron chi connectivity index (χ3n) is 9.46. The van der Waals surface area contributed by atoms with Crippen LogP contribution in [-0.4, -0.2) is 0 Å². The molecule has 2 unspecified atom stereocenters. The minimum Gasteiger partial charge on any atom is -0.102 e. The van der Waals surface area contributed by atoms with Crippen LogP contribution in [0, 0.1) is 58.2 Å². The molecule has 6 saturated carbocycles. The van der Waals surface area contributed by atoms with E-state index in [9.17, 15) is 0 Å². The summed E-state index contributed by atoms with van der Waals surface area (Å²) in [5, 5.41) is 0. The van der Waals surface area contributed by atoms with Crippen molar-refractivity contribution in [1.29, 1.82) is 0 Å². The molecular weight excluding hydrogens is 240 g/mol. The van der Waals surface area contributed by atoms with Gasteiger partial charge in [0.1, 0.15) is 0 Å². The first kappa shape index (κ1) is 11.1. The third kappa shape index (κ3) is 0.733. The van der Waals surface area contributed by atoms with Crippen molar-refractivity contribution in [3.05, 3.63) is 25.3 Å². The van der Waals surface area contributed by atoms with Gasteiger partial charge >= 0.3 is 0 Å². The molecule has 0 spiro atoms. The highest BCUT2D eigenvalue weighted by atomic mass is 14.9. The normalized spacial score (nSPS) is 70.6. The SMILES string of the molecule is C=CC12[C@@H]3[C@H]4CC[C@H](C4)[C@@H]3C1(C=C)[C@@H]1[C@H]3CC[C@H](C3)[C@@H]12. The average molecular weight is 266 g/mol. The Balaban J connectivity index is 1.56. The first-order chi connectivity index (χ1) is 9.79. The van der Waals surface area contributed by atoms with Gasteiger partial charge in [-0.1, -0.05) is 12.2 Å². The number of hydrogen-bond acceptors (Lipinski definition) is 0. The monoisotopic (exact) mass is 266 g/mol. The fourth-order valence-corrected chi connectivity index (χ4v) is 9.64. The summed E-state index contributed by atoms with van der Waals surface area (Å²) in [4.78, 5) is 0. The maximum Gasteiger partial charge on any atom is 0.00435 e. The molecule has 4 bridgehead atoms. The highest BCUT2D eigenvalue weighted by Gasteiger charge is 2.89. The molecule has 0 amide bonds. The molecule has 20 heavy (non-hydrogen) atoms. The summed E-state index contributed by atoms with van der Waals surface area (Å²) >= 11 is 0. The lowest BCUT2D eigenvalue weighted by molar-refractivity contribution is -0.340. The summed E-state index contributed by atoms with van der Waals surface area (Å²) in [5.41, 5.74) is 1.01. The summed E-state index contributed by atoms with van der Waals surface area (Å²) in [6, 6.07) is 0. The maximum atomic E-state index is 4.39. The predicted octanol–water partition coefficient (Wildman–Crippen LogP) is 4.68. The molecule has 0 aromatic rings. The van der Waals surface area contributed by atoms with Gasteiger partial charge in [-0.15, -0.1) is 13.2 Å². The molecule has 10 atom stereocenters. The Morgan fingerprint density at radius 2 is 0.900 bits per heavy atom. The molecule has 6 aliphatic rings. The van der Waals surface area contributed by atoms with E-state index in [0.717, 1.165) is 47.3 Å². The fourth-order valence-electron chi connectivity index (χ4n) is 9.64. The van der Waals surface area contributed by atoms with E-state index in [4.69, 9.17) is 0 Å². The van der Waals surface area contributed by atoms with Gasteiger partial charge in [-0.05, 0) is 85.9 Å².